The lowest BCUT2D eigenvalue weighted by atomic mass is 9.48. The number of hydrogen-bond acceptors (Lipinski definition) is 2. The van der Waals surface area contributed by atoms with Crippen LogP contribution in [-0.4, -0.2) is 17.7 Å². The Kier molecular flexibility index (Phi) is 8.80. The number of carbonyl (C=O) groups excluding carboxylic acids is 2. The van der Waals surface area contributed by atoms with Gasteiger partial charge in [0.05, 0.1) is 0 Å². The molecule has 38 heavy (non-hydrogen) atoms. The second-order valence-corrected chi connectivity index (χ2v) is 13.7. The Morgan fingerprint density at radius 2 is 1.55 bits per heavy atom. The first-order chi connectivity index (χ1) is 18.4. The molecule has 7 atom stereocenters. The van der Waals surface area contributed by atoms with E-state index < -0.39 is 0 Å². The minimum Gasteiger partial charge on any atom is -0.349 e. The Labute approximate surface area is 231 Å². The van der Waals surface area contributed by atoms with E-state index in [1.54, 1.807) is 0 Å². The summed E-state index contributed by atoms with van der Waals surface area (Å²) in [5.41, 5.74) is 1.57. The molecule has 1 amide bonds. The number of fused-ring (bicyclic) bond motifs is 5. The molecule has 0 spiro atoms. The second kappa shape index (κ2) is 12.1. The predicted molar refractivity (Wildman–Crippen MR) is 156 cm³/mol. The third-order valence-corrected chi connectivity index (χ3v) is 11.7. The average molecular weight is 518 g/mol. The third kappa shape index (κ3) is 5.68. The van der Waals surface area contributed by atoms with Crippen LogP contribution in [0.1, 0.15) is 127 Å². The Balaban J connectivity index is 0.978. The highest BCUT2D eigenvalue weighted by Gasteiger charge is 2.59. The normalized spacial score (nSPS) is 35.7. The molecule has 1 aromatic carbocycles. The van der Waals surface area contributed by atoms with Crippen molar-refractivity contribution in [1.29, 1.82) is 0 Å². The fraction of sp³-hybridized carbons (Fsp3) is 0.714. The van der Waals surface area contributed by atoms with Crippen molar-refractivity contribution >= 4 is 11.7 Å². The number of ketones is 1. The fourth-order valence-corrected chi connectivity index (χ4v) is 9.42. The molecule has 1 N–H and O–H groups in total. The first kappa shape index (κ1) is 27.7. The molecule has 1 aliphatic heterocycles. The van der Waals surface area contributed by atoms with Gasteiger partial charge in [0.25, 0.3) is 0 Å². The van der Waals surface area contributed by atoms with Crippen molar-refractivity contribution in [3.63, 3.8) is 0 Å². The summed E-state index contributed by atoms with van der Waals surface area (Å²) in [6.07, 6.45) is 24.6. The lowest BCUT2D eigenvalue weighted by Gasteiger charge is -2.59. The summed E-state index contributed by atoms with van der Waals surface area (Å²) in [5, 5.41) is 3.30. The van der Waals surface area contributed by atoms with Crippen LogP contribution in [0.2, 0.25) is 0 Å². The highest BCUT2D eigenvalue weighted by Crippen LogP contribution is 2.65. The zero-order valence-corrected chi connectivity index (χ0v) is 24.1. The van der Waals surface area contributed by atoms with E-state index in [0.717, 1.165) is 42.1 Å². The van der Waals surface area contributed by atoms with E-state index in [2.05, 4.69) is 25.2 Å². The van der Waals surface area contributed by atoms with Crippen molar-refractivity contribution in [2.75, 3.05) is 0 Å². The Morgan fingerprint density at radius 3 is 2.32 bits per heavy atom. The molecule has 1 heterocycles. The number of hydrogen-bond donors (Lipinski definition) is 1. The fourth-order valence-electron chi connectivity index (χ4n) is 9.42. The average Bonchev–Trinajstić information content (AvgIpc) is 3.26. The van der Waals surface area contributed by atoms with Crippen LogP contribution in [0, 0.1) is 34.5 Å². The molecule has 3 fully saturated rings. The summed E-state index contributed by atoms with van der Waals surface area (Å²) in [4.78, 5) is 24.2. The highest BCUT2D eigenvalue weighted by atomic mass is 16.1. The van der Waals surface area contributed by atoms with E-state index in [0.29, 0.717) is 23.7 Å². The van der Waals surface area contributed by atoms with Gasteiger partial charge in [-0.2, -0.15) is 0 Å². The van der Waals surface area contributed by atoms with Crippen molar-refractivity contribution in [3.05, 3.63) is 48.0 Å². The van der Waals surface area contributed by atoms with E-state index in [-0.39, 0.29) is 11.3 Å². The molecule has 3 heteroatoms. The summed E-state index contributed by atoms with van der Waals surface area (Å²) < 4.78 is 0. The van der Waals surface area contributed by atoms with Gasteiger partial charge in [-0.05, 0) is 86.5 Å². The molecule has 5 rings (SSSR count). The van der Waals surface area contributed by atoms with Crippen LogP contribution in [0.15, 0.2) is 42.5 Å². The van der Waals surface area contributed by atoms with Gasteiger partial charge in [0.2, 0.25) is 5.91 Å². The maximum Gasteiger partial charge on any atom is 0.243 e. The van der Waals surface area contributed by atoms with Gasteiger partial charge >= 0.3 is 0 Å². The van der Waals surface area contributed by atoms with E-state index in [4.69, 9.17) is 0 Å². The molecular weight excluding hydrogens is 466 g/mol. The molecule has 0 saturated heterocycles. The SMILES string of the molecule is C[C@]12C=CC(=O)N[C@@H]1CC[C@@H]1[C@@H]2CC[C@]2(C)[C@@H](CCCCCCCCCCC(=O)c3ccccc3)CC[C@@H]12. The minimum atomic E-state index is 0.114. The molecule has 0 aromatic heterocycles. The predicted octanol–water partition coefficient (Wildman–Crippen LogP) is 8.68. The van der Waals surface area contributed by atoms with E-state index >= 15 is 0 Å². The maximum absolute atomic E-state index is 12.2. The summed E-state index contributed by atoms with van der Waals surface area (Å²) in [6, 6.07) is 10.1. The van der Waals surface area contributed by atoms with Crippen molar-refractivity contribution in [3.8, 4) is 0 Å². The molecule has 4 aliphatic rings. The zero-order valence-electron chi connectivity index (χ0n) is 24.1. The van der Waals surface area contributed by atoms with Crippen LogP contribution in [0.25, 0.3) is 0 Å². The maximum atomic E-state index is 12.2. The number of unbranched alkanes of at least 4 members (excludes halogenated alkanes) is 7. The topological polar surface area (TPSA) is 46.2 Å². The van der Waals surface area contributed by atoms with E-state index in [9.17, 15) is 9.59 Å². The van der Waals surface area contributed by atoms with Crippen LogP contribution in [0.4, 0.5) is 0 Å². The highest BCUT2D eigenvalue weighted by molar-refractivity contribution is 5.95. The first-order valence-corrected chi connectivity index (χ1v) is 16.0. The molecule has 0 bridgehead atoms. The van der Waals surface area contributed by atoms with Crippen LogP contribution in [-0.2, 0) is 4.79 Å². The summed E-state index contributed by atoms with van der Waals surface area (Å²) >= 11 is 0. The number of rotatable bonds is 12. The van der Waals surface area contributed by atoms with Gasteiger partial charge < -0.3 is 5.32 Å². The van der Waals surface area contributed by atoms with Crippen molar-refractivity contribution in [2.24, 2.45) is 34.5 Å². The van der Waals surface area contributed by atoms with E-state index in [1.165, 1.54) is 83.5 Å². The first-order valence-electron chi connectivity index (χ1n) is 16.0. The second-order valence-electron chi connectivity index (χ2n) is 13.7. The number of carbonyl (C=O) groups is 2. The molecular formula is C35H51NO2. The summed E-state index contributed by atoms with van der Waals surface area (Å²) in [5.74, 6) is 3.81. The van der Waals surface area contributed by atoms with Crippen molar-refractivity contribution < 1.29 is 9.59 Å². The molecule has 1 aromatic rings. The van der Waals surface area contributed by atoms with Gasteiger partial charge in [0, 0.05) is 23.4 Å². The standard InChI is InChI=1S/C35H51NO2/c1-34-24-22-30-28(19-21-32-35(30,2)25-23-33(38)36-32)29(34)20-18-27(34)16-12-7-5-3-4-6-8-13-17-31(37)26-14-10-9-11-15-26/h9-11,14-15,23,25,27-30,32H,3-8,12-13,16-22,24H2,1-2H3,(H,36,38)/t27-,28-,29-,30-,32+,34+,35+/m0/s1. The molecule has 3 nitrogen and oxygen atoms in total. The summed E-state index contributed by atoms with van der Waals surface area (Å²) in [6.45, 7) is 5.09. The van der Waals surface area contributed by atoms with Gasteiger partial charge in [-0.3, -0.25) is 9.59 Å². The van der Waals surface area contributed by atoms with Gasteiger partial charge in [0.1, 0.15) is 0 Å². The molecule has 0 unspecified atom stereocenters. The van der Waals surface area contributed by atoms with E-state index in [1.807, 2.05) is 36.4 Å². The monoisotopic (exact) mass is 517 g/mol. The molecule has 0 radical (unpaired) electrons. The lowest BCUT2D eigenvalue weighted by molar-refractivity contribution is -0.122. The molecule has 3 aliphatic carbocycles. The third-order valence-electron chi connectivity index (χ3n) is 11.7. The minimum absolute atomic E-state index is 0.114. The number of nitrogens with one attached hydrogen (secondary N) is 1. The quantitative estimate of drug-likeness (QED) is 0.223. The van der Waals surface area contributed by atoms with Crippen LogP contribution in [0.3, 0.4) is 0 Å². The Bertz CT molecular complexity index is 985. The molecule has 3 saturated carbocycles. The van der Waals surface area contributed by atoms with Gasteiger partial charge in [-0.1, -0.05) is 95.2 Å². The molecule has 208 valence electrons. The van der Waals surface area contributed by atoms with Gasteiger partial charge in [-0.15, -0.1) is 0 Å². The number of amides is 1. The van der Waals surface area contributed by atoms with Crippen molar-refractivity contribution in [1.82, 2.24) is 5.32 Å². The number of benzene rings is 1. The van der Waals surface area contributed by atoms with Gasteiger partial charge in [0.15, 0.2) is 5.78 Å². The number of Topliss-reactive ketones (excluding diaryl/α,β-unsaturated/α-hetero) is 1. The summed E-state index contributed by atoms with van der Waals surface area (Å²) in [7, 11) is 0. The Hall–Kier alpha value is -1.90. The zero-order chi connectivity index (χ0) is 26.6. The van der Waals surface area contributed by atoms with Crippen LogP contribution in [0.5, 0.6) is 0 Å². The van der Waals surface area contributed by atoms with Gasteiger partial charge in [-0.25, -0.2) is 0 Å². The smallest absolute Gasteiger partial charge is 0.243 e. The lowest BCUT2D eigenvalue weighted by Crippen LogP contribution is -2.59. The largest absolute Gasteiger partial charge is 0.349 e. The van der Waals surface area contributed by atoms with Crippen LogP contribution < -0.4 is 5.32 Å². The van der Waals surface area contributed by atoms with Crippen LogP contribution >= 0.6 is 0 Å². The Morgan fingerprint density at radius 1 is 0.842 bits per heavy atom. The van der Waals surface area contributed by atoms with Crippen molar-refractivity contribution in [2.45, 2.75) is 123 Å².